The van der Waals surface area contributed by atoms with E-state index in [1.165, 1.54) is 0 Å². The van der Waals surface area contributed by atoms with E-state index in [1.807, 2.05) is 24.4 Å². The van der Waals surface area contributed by atoms with E-state index < -0.39 is 17.7 Å². The number of ether oxygens (including phenoxy) is 2. The van der Waals surface area contributed by atoms with Crippen molar-refractivity contribution in [3.63, 3.8) is 0 Å². The number of fused-ring (bicyclic) bond motifs is 1. The van der Waals surface area contributed by atoms with Crippen molar-refractivity contribution in [1.82, 2.24) is 15.6 Å². The lowest BCUT2D eigenvalue weighted by Gasteiger charge is -2.23. The van der Waals surface area contributed by atoms with Gasteiger partial charge < -0.3 is 30.2 Å². The van der Waals surface area contributed by atoms with E-state index in [4.69, 9.17) is 14.6 Å². The molecular formula is C23H35N3O5. The van der Waals surface area contributed by atoms with E-state index in [9.17, 15) is 9.59 Å². The van der Waals surface area contributed by atoms with Gasteiger partial charge in [-0.15, -0.1) is 0 Å². The minimum Gasteiger partial charge on any atom is -0.497 e. The molecule has 0 saturated carbocycles. The Hall–Kier alpha value is -2.74. The van der Waals surface area contributed by atoms with Crippen molar-refractivity contribution in [2.45, 2.75) is 64.5 Å². The fourth-order valence-corrected chi connectivity index (χ4v) is 3.26. The van der Waals surface area contributed by atoms with Crippen LogP contribution in [0, 0.1) is 0 Å². The van der Waals surface area contributed by atoms with Crippen molar-refractivity contribution in [1.29, 1.82) is 0 Å². The summed E-state index contributed by atoms with van der Waals surface area (Å²) in [5.41, 5.74) is 1.16. The number of aliphatic hydroxyl groups is 1. The highest BCUT2D eigenvalue weighted by Gasteiger charge is 2.25. The molecule has 0 fully saturated rings. The number of benzene rings is 1. The van der Waals surface area contributed by atoms with E-state index >= 15 is 0 Å². The number of unbranched alkanes of at least 4 members (excludes halogenated alkanes) is 3. The molecule has 0 bridgehead atoms. The molecule has 0 unspecified atom stereocenters. The predicted molar refractivity (Wildman–Crippen MR) is 120 cm³/mol. The highest BCUT2D eigenvalue weighted by atomic mass is 16.6. The third-order valence-electron chi connectivity index (χ3n) is 4.79. The summed E-state index contributed by atoms with van der Waals surface area (Å²) in [7, 11) is 1.61. The van der Waals surface area contributed by atoms with Gasteiger partial charge in [-0.25, -0.2) is 4.79 Å². The number of nitrogens with one attached hydrogen (secondary N) is 3. The maximum Gasteiger partial charge on any atom is 0.408 e. The monoisotopic (exact) mass is 433 g/mol. The topological polar surface area (TPSA) is 113 Å². The summed E-state index contributed by atoms with van der Waals surface area (Å²) in [6, 6.07) is 4.91. The zero-order chi connectivity index (χ0) is 22.9. The maximum absolute atomic E-state index is 12.9. The molecule has 2 aromatic rings. The largest absolute Gasteiger partial charge is 0.497 e. The van der Waals surface area contributed by atoms with Gasteiger partial charge in [0, 0.05) is 36.7 Å². The van der Waals surface area contributed by atoms with Gasteiger partial charge in [-0.1, -0.05) is 12.8 Å². The fraction of sp³-hybridized carbons (Fsp3) is 0.565. The second kappa shape index (κ2) is 11.6. The number of amides is 2. The molecule has 2 rings (SSSR count). The van der Waals surface area contributed by atoms with Gasteiger partial charge in [0.1, 0.15) is 17.4 Å². The van der Waals surface area contributed by atoms with Gasteiger partial charge in [0.05, 0.1) is 7.11 Å². The summed E-state index contributed by atoms with van der Waals surface area (Å²) in [4.78, 5) is 28.4. The quantitative estimate of drug-likeness (QED) is 0.406. The van der Waals surface area contributed by atoms with Crippen LogP contribution in [0.5, 0.6) is 5.75 Å². The number of H-pyrrole nitrogens is 1. The lowest BCUT2D eigenvalue weighted by Crippen LogP contribution is -2.49. The van der Waals surface area contributed by atoms with Crippen molar-refractivity contribution in [3.05, 3.63) is 30.0 Å². The first-order chi connectivity index (χ1) is 14.7. The minimum atomic E-state index is -0.780. The van der Waals surface area contributed by atoms with Crippen molar-refractivity contribution in [3.8, 4) is 5.75 Å². The van der Waals surface area contributed by atoms with Crippen LogP contribution in [0.4, 0.5) is 4.79 Å². The smallest absolute Gasteiger partial charge is 0.408 e. The van der Waals surface area contributed by atoms with Gasteiger partial charge in [0.2, 0.25) is 5.91 Å². The summed E-state index contributed by atoms with van der Waals surface area (Å²) < 4.78 is 10.7. The van der Waals surface area contributed by atoms with Gasteiger partial charge in [0.15, 0.2) is 0 Å². The molecular weight excluding hydrogens is 398 g/mol. The standard InChI is InChI=1S/C23H35N3O5/c1-23(2,3)31-22(29)26-20(21(28)24-11-7-5-6-8-12-27)13-16-15-25-19-10-9-17(30-4)14-18(16)19/h9-10,14-15,20,25,27H,5-8,11-13H2,1-4H3,(H,24,28)(H,26,29)/t20-/m0/s1. The van der Waals surface area contributed by atoms with Crippen LogP contribution in [-0.4, -0.2) is 54.0 Å². The number of aromatic nitrogens is 1. The Labute approximate surface area is 183 Å². The summed E-state index contributed by atoms with van der Waals surface area (Å²) in [6.45, 7) is 6.03. The molecule has 4 N–H and O–H groups in total. The number of hydrogen-bond acceptors (Lipinski definition) is 5. The second-order valence-corrected chi connectivity index (χ2v) is 8.56. The molecule has 1 aromatic heterocycles. The van der Waals surface area contributed by atoms with Crippen LogP contribution in [0.2, 0.25) is 0 Å². The van der Waals surface area contributed by atoms with Crippen LogP contribution in [0.3, 0.4) is 0 Å². The Morgan fingerprint density at radius 3 is 2.58 bits per heavy atom. The Morgan fingerprint density at radius 1 is 1.16 bits per heavy atom. The summed E-state index contributed by atoms with van der Waals surface area (Å²) in [5.74, 6) is 0.461. The number of alkyl carbamates (subject to hydrolysis) is 1. The van der Waals surface area contributed by atoms with E-state index in [-0.39, 0.29) is 12.5 Å². The van der Waals surface area contributed by atoms with Gasteiger partial charge in [-0.3, -0.25) is 4.79 Å². The highest BCUT2D eigenvalue weighted by Crippen LogP contribution is 2.24. The zero-order valence-electron chi connectivity index (χ0n) is 18.9. The molecule has 2 amide bonds. The molecule has 0 aliphatic rings. The number of aromatic amines is 1. The van der Waals surface area contributed by atoms with Crippen molar-refractivity contribution >= 4 is 22.9 Å². The number of carbonyl (C=O) groups is 2. The average molecular weight is 434 g/mol. The van der Waals surface area contributed by atoms with Crippen LogP contribution >= 0.6 is 0 Å². The van der Waals surface area contributed by atoms with Gasteiger partial charge in [-0.05, 0) is 57.4 Å². The van der Waals surface area contributed by atoms with Crippen LogP contribution in [0.25, 0.3) is 10.9 Å². The average Bonchev–Trinajstić information content (AvgIpc) is 3.10. The molecule has 0 aliphatic carbocycles. The highest BCUT2D eigenvalue weighted by molar-refractivity contribution is 5.88. The van der Waals surface area contributed by atoms with Gasteiger partial charge in [0.25, 0.3) is 0 Å². The normalized spacial score (nSPS) is 12.4. The Kier molecular flexibility index (Phi) is 9.18. The number of carbonyl (C=O) groups excluding carboxylic acids is 2. The summed E-state index contributed by atoms with van der Waals surface area (Å²) in [6.07, 6.45) is 4.94. The molecule has 1 heterocycles. The Bertz CT molecular complexity index is 857. The zero-order valence-corrected chi connectivity index (χ0v) is 18.9. The Morgan fingerprint density at radius 2 is 1.90 bits per heavy atom. The van der Waals surface area contributed by atoms with E-state index in [0.29, 0.717) is 13.0 Å². The molecule has 31 heavy (non-hydrogen) atoms. The molecule has 0 aliphatic heterocycles. The number of hydrogen-bond donors (Lipinski definition) is 4. The molecule has 8 nitrogen and oxygen atoms in total. The summed E-state index contributed by atoms with van der Waals surface area (Å²) >= 11 is 0. The Balaban J connectivity index is 2.10. The summed E-state index contributed by atoms with van der Waals surface area (Å²) in [5, 5.41) is 15.4. The number of rotatable bonds is 11. The van der Waals surface area contributed by atoms with Crippen LogP contribution in [0.15, 0.2) is 24.4 Å². The SMILES string of the molecule is COc1ccc2[nH]cc(C[C@H](NC(=O)OC(C)(C)C)C(=O)NCCCCCCO)c2c1. The fourth-order valence-electron chi connectivity index (χ4n) is 3.26. The third kappa shape index (κ3) is 8.13. The minimum absolute atomic E-state index is 0.184. The number of aliphatic hydroxyl groups excluding tert-OH is 1. The molecule has 1 atom stereocenters. The molecule has 0 spiro atoms. The lowest BCUT2D eigenvalue weighted by atomic mass is 10.0. The van der Waals surface area contributed by atoms with Crippen molar-refractivity contribution in [2.75, 3.05) is 20.3 Å². The molecule has 8 heteroatoms. The first kappa shape index (κ1) is 24.5. The van der Waals surface area contributed by atoms with Crippen LogP contribution < -0.4 is 15.4 Å². The molecule has 0 radical (unpaired) electrons. The van der Waals surface area contributed by atoms with Crippen LogP contribution in [-0.2, 0) is 16.0 Å². The first-order valence-corrected chi connectivity index (χ1v) is 10.8. The molecule has 0 saturated heterocycles. The lowest BCUT2D eigenvalue weighted by molar-refractivity contribution is -0.123. The van der Waals surface area contributed by atoms with E-state index in [0.717, 1.165) is 47.9 Å². The number of methoxy groups -OCH3 is 1. The third-order valence-corrected chi connectivity index (χ3v) is 4.79. The van der Waals surface area contributed by atoms with Crippen LogP contribution in [0.1, 0.15) is 52.0 Å². The second-order valence-electron chi connectivity index (χ2n) is 8.56. The van der Waals surface area contributed by atoms with E-state index in [1.54, 1.807) is 27.9 Å². The molecule has 172 valence electrons. The first-order valence-electron chi connectivity index (χ1n) is 10.8. The molecule has 1 aromatic carbocycles. The predicted octanol–water partition coefficient (Wildman–Crippen LogP) is 3.28. The maximum atomic E-state index is 12.9. The van der Waals surface area contributed by atoms with E-state index in [2.05, 4.69) is 15.6 Å². The van der Waals surface area contributed by atoms with Crippen molar-refractivity contribution < 1.29 is 24.2 Å². The van der Waals surface area contributed by atoms with Gasteiger partial charge in [-0.2, -0.15) is 0 Å². The van der Waals surface area contributed by atoms with Crippen molar-refractivity contribution in [2.24, 2.45) is 0 Å². The van der Waals surface area contributed by atoms with Gasteiger partial charge >= 0.3 is 6.09 Å².